The fourth-order valence-corrected chi connectivity index (χ4v) is 4.02. The minimum absolute atomic E-state index is 0.138. The van der Waals surface area contributed by atoms with E-state index in [4.69, 9.17) is 0 Å². The molecule has 6 nitrogen and oxygen atoms in total. The van der Waals surface area contributed by atoms with Gasteiger partial charge in [-0.05, 0) is 36.5 Å². The number of anilines is 1. The second kappa shape index (κ2) is 8.12. The number of thioether (sulfide) groups is 1. The van der Waals surface area contributed by atoms with Gasteiger partial charge in [0.15, 0.2) is 0 Å². The van der Waals surface area contributed by atoms with Crippen molar-refractivity contribution in [3.63, 3.8) is 0 Å². The van der Waals surface area contributed by atoms with Crippen LogP contribution in [0.2, 0.25) is 0 Å². The molecule has 2 aliphatic heterocycles. The summed E-state index contributed by atoms with van der Waals surface area (Å²) in [6.45, 7) is 5.46. The van der Waals surface area contributed by atoms with E-state index in [2.05, 4.69) is 43.4 Å². The minimum Gasteiger partial charge on any atom is -0.381 e. The van der Waals surface area contributed by atoms with Gasteiger partial charge in [-0.1, -0.05) is 37.7 Å². The molecule has 0 aliphatic carbocycles. The first-order valence-corrected chi connectivity index (χ1v) is 10.0. The van der Waals surface area contributed by atoms with Gasteiger partial charge >= 0.3 is 0 Å². The molecule has 140 valence electrons. The van der Waals surface area contributed by atoms with Gasteiger partial charge in [0.2, 0.25) is 11.8 Å². The van der Waals surface area contributed by atoms with E-state index in [1.165, 1.54) is 5.56 Å². The molecule has 1 aromatic carbocycles. The number of likely N-dealkylation sites (tertiary alicyclic amines) is 1. The van der Waals surface area contributed by atoms with Gasteiger partial charge in [0, 0.05) is 24.8 Å². The second-order valence-corrected chi connectivity index (χ2v) is 8.06. The molecule has 0 spiro atoms. The fraction of sp³-hybridized carbons (Fsp3) is 0.526. The lowest BCUT2D eigenvalue weighted by molar-refractivity contribution is -0.137. The number of carbonyl (C=O) groups excluding carboxylic acids is 3. The van der Waals surface area contributed by atoms with Crippen molar-refractivity contribution in [1.82, 2.24) is 9.80 Å². The van der Waals surface area contributed by atoms with E-state index in [0.29, 0.717) is 19.0 Å². The molecule has 0 aromatic heterocycles. The Bertz CT molecular complexity index is 674. The zero-order valence-electron chi connectivity index (χ0n) is 15.2. The third-order valence-electron chi connectivity index (χ3n) is 4.86. The van der Waals surface area contributed by atoms with E-state index < -0.39 is 0 Å². The Morgan fingerprint density at radius 1 is 1.27 bits per heavy atom. The number of carbonyl (C=O) groups is 3. The Morgan fingerprint density at radius 3 is 2.62 bits per heavy atom. The molecule has 3 rings (SSSR count). The number of nitrogens with zero attached hydrogens (tertiary/aromatic N) is 2. The van der Waals surface area contributed by atoms with E-state index in [-0.39, 0.29) is 35.4 Å². The molecule has 1 N–H and O–H groups in total. The average Bonchev–Trinajstić information content (AvgIpc) is 2.94. The standard InChI is InChI=1S/C19H25N3O3S/c1-13(2)14-5-7-15(8-6-14)20-16-4-3-9-21(10-16)17(23)11-22-18(24)12-26-19(22)25/h5-8,13,16,20H,3-4,9-12H2,1-2H3/t16-/m0/s1. The molecule has 0 unspecified atom stereocenters. The van der Waals surface area contributed by atoms with Crippen molar-refractivity contribution in [3.05, 3.63) is 29.8 Å². The maximum Gasteiger partial charge on any atom is 0.289 e. The van der Waals surface area contributed by atoms with Gasteiger partial charge in [-0.25, -0.2) is 0 Å². The minimum atomic E-state index is -0.319. The van der Waals surface area contributed by atoms with Crippen molar-refractivity contribution in [2.75, 3.05) is 30.7 Å². The summed E-state index contributed by atoms with van der Waals surface area (Å²) in [6, 6.07) is 8.59. The molecule has 3 amide bonds. The highest BCUT2D eigenvalue weighted by molar-refractivity contribution is 8.14. The van der Waals surface area contributed by atoms with Gasteiger partial charge in [-0.3, -0.25) is 19.3 Å². The zero-order chi connectivity index (χ0) is 18.7. The van der Waals surface area contributed by atoms with E-state index in [9.17, 15) is 14.4 Å². The predicted octanol–water partition coefficient (Wildman–Crippen LogP) is 2.91. The molecule has 0 radical (unpaired) electrons. The SMILES string of the molecule is CC(C)c1ccc(N[C@H]2CCCN(C(=O)CN3C(=O)CSC3=O)C2)cc1. The number of rotatable bonds is 5. The maximum atomic E-state index is 12.5. The Balaban J connectivity index is 1.55. The van der Waals surface area contributed by atoms with Crippen molar-refractivity contribution >= 4 is 34.5 Å². The Kier molecular flexibility index (Phi) is 5.86. The van der Waals surface area contributed by atoms with E-state index in [0.717, 1.165) is 35.2 Å². The van der Waals surface area contributed by atoms with Gasteiger partial charge in [0.25, 0.3) is 5.24 Å². The third-order valence-corrected chi connectivity index (χ3v) is 5.71. The Morgan fingerprint density at radius 2 is 2.00 bits per heavy atom. The molecule has 2 saturated heterocycles. The van der Waals surface area contributed by atoms with E-state index in [1.807, 2.05) is 0 Å². The molecule has 1 atom stereocenters. The number of piperidine rings is 1. The number of benzene rings is 1. The van der Waals surface area contributed by atoms with E-state index >= 15 is 0 Å². The van der Waals surface area contributed by atoms with Crippen LogP contribution in [0.25, 0.3) is 0 Å². The number of amides is 3. The molecular formula is C19H25N3O3S. The largest absolute Gasteiger partial charge is 0.381 e. The zero-order valence-corrected chi connectivity index (χ0v) is 16.1. The smallest absolute Gasteiger partial charge is 0.289 e. The van der Waals surface area contributed by atoms with Crippen LogP contribution in [0.4, 0.5) is 10.5 Å². The van der Waals surface area contributed by atoms with Gasteiger partial charge in [0.1, 0.15) is 6.54 Å². The molecule has 1 aromatic rings. The highest BCUT2D eigenvalue weighted by Crippen LogP contribution is 2.22. The van der Waals surface area contributed by atoms with Crippen LogP contribution in [-0.2, 0) is 9.59 Å². The molecular weight excluding hydrogens is 350 g/mol. The lowest BCUT2D eigenvalue weighted by Gasteiger charge is -2.34. The van der Waals surface area contributed by atoms with Gasteiger partial charge in [0.05, 0.1) is 5.75 Å². The summed E-state index contributed by atoms with van der Waals surface area (Å²) in [5, 5.41) is 3.18. The van der Waals surface area contributed by atoms with Crippen molar-refractivity contribution in [2.45, 2.75) is 38.6 Å². The van der Waals surface area contributed by atoms with Crippen molar-refractivity contribution in [2.24, 2.45) is 0 Å². The van der Waals surface area contributed by atoms with Crippen molar-refractivity contribution in [3.8, 4) is 0 Å². The molecule has 7 heteroatoms. The first-order valence-electron chi connectivity index (χ1n) is 9.05. The topological polar surface area (TPSA) is 69.7 Å². The number of imide groups is 1. The normalized spacial score (nSPS) is 20.8. The van der Waals surface area contributed by atoms with Crippen LogP contribution >= 0.6 is 11.8 Å². The predicted molar refractivity (Wildman–Crippen MR) is 103 cm³/mol. The number of hydrogen-bond acceptors (Lipinski definition) is 5. The van der Waals surface area contributed by atoms with Crippen LogP contribution in [0, 0.1) is 0 Å². The van der Waals surface area contributed by atoms with Crippen LogP contribution in [0.15, 0.2) is 24.3 Å². The summed E-state index contributed by atoms with van der Waals surface area (Å²) in [7, 11) is 0. The molecule has 2 heterocycles. The van der Waals surface area contributed by atoms with Crippen LogP contribution in [0.5, 0.6) is 0 Å². The molecule has 0 saturated carbocycles. The summed E-state index contributed by atoms with van der Waals surface area (Å²) in [5.74, 6) is 0.213. The Labute approximate surface area is 158 Å². The summed E-state index contributed by atoms with van der Waals surface area (Å²) in [5.41, 5.74) is 2.35. The van der Waals surface area contributed by atoms with Gasteiger partial charge < -0.3 is 10.2 Å². The fourth-order valence-electron chi connectivity index (χ4n) is 3.29. The molecule has 2 aliphatic rings. The summed E-state index contributed by atoms with van der Waals surface area (Å²) < 4.78 is 0. The highest BCUT2D eigenvalue weighted by atomic mass is 32.2. The van der Waals surface area contributed by atoms with Crippen molar-refractivity contribution < 1.29 is 14.4 Å². The third kappa shape index (κ3) is 4.38. The number of nitrogens with one attached hydrogen (secondary N) is 1. The van der Waals surface area contributed by atoms with Crippen LogP contribution in [0.1, 0.15) is 38.2 Å². The monoisotopic (exact) mass is 375 g/mol. The Hall–Kier alpha value is -2.02. The van der Waals surface area contributed by atoms with Crippen molar-refractivity contribution in [1.29, 1.82) is 0 Å². The van der Waals surface area contributed by atoms with Crippen LogP contribution in [0.3, 0.4) is 0 Å². The highest BCUT2D eigenvalue weighted by Gasteiger charge is 2.33. The number of hydrogen-bond donors (Lipinski definition) is 1. The molecule has 0 bridgehead atoms. The lowest BCUT2D eigenvalue weighted by atomic mass is 10.0. The van der Waals surface area contributed by atoms with Crippen LogP contribution < -0.4 is 5.32 Å². The first kappa shape index (κ1) is 18.8. The van der Waals surface area contributed by atoms with Crippen LogP contribution in [-0.4, -0.2) is 58.3 Å². The van der Waals surface area contributed by atoms with Gasteiger partial charge in [-0.2, -0.15) is 0 Å². The summed E-state index contributed by atoms with van der Waals surface area (Å²) in [4.78, 5) is 38.7. The average molecular weight is 375 g/mol. The van der Waals surface area contributed by atoms with E-state index in [1.54, 1.807) is 4.90 Å². The maximum absolute atomic E-state index is 12.5. The summed E-state index contributed by atoms with van der Waals surface area (Å²) in [6.07, 6.45) is 1.90. The van der Waals surface area contributed by atoms with Gasteiger partial charge in [-0.15, -0.1) is 0 Å². The second-order valence-electron chi connectivity index (χ2n) is 7.13. The lowest BCUT2D eigenvalue weighted by Crippen LogP contribution is -2.49. The molecule has 26 heavy (non-hydrogen) atoms. The quantitative estimate of drug-likeness (QED) is 0.857. The first-order chi connectivity index (χ1) is 12.4. The summed E-state index contributed by atoms with van der Waals surface area (Å²) >= 11 is 0.962. The molecule has 2 fully saturated rings.